The van der Waals surface area contributed by atoms with Crippen molar-refractivity contribution in [3.05, 3.63) is 41.1 Å². The summed E-state index contributed by atoms with van der Waals surface area (Å²) < 4.78 is 0. The Morgan fingerprint density at radius 2 is 2.08 bits per heavy atom. The van der Waals surface area contributed by atoms with Gasteiger partial charge in [0, 0.05) is 43.4 Å². The second kappa shape index (κ2) is 7.40. The Morgan fingerprint density at radius 1 is 1.25 bits per heavy atom. The molecular weight excluding hydrogens is 320 g/mol. The van der Waals surface area contributed by atoms with Crippen LogP contribution in [0, 0.1) is 0 Å². The molecule has 2 aromatic heterocycles. The first-order valence-corrected chi connectivity index (χ1v) is 8.84. The molecule has 0 fully saturated rings. The lowest BCUT2D eigenvalue weighted by Gasteiger charge is -2.20. The maximum Gasteiger partial charge on any atom is 0.216 e. The summed E-state index contributed by atoms with van der Waals surface area (Å²) in [4.78, 5) is 22.6. The third kappa shape index (κ3) is 3.71. The predicted octanol–water partition coefficient (Wildman–Crippen LogP) is 3.32. The molecule has 124 valence electrons. The van der Waals surface area contributed by atoms with E-state index in [1.165, 1.54) is 6.92 Å². The highest BCUT2D eigenvalue weighted by Crippen LogP contribution is 2.27. The lowest BCUT2D eigenvalue weighted by Crippen LogP contribution is -2.27. The standard InChI is InChI=1S/C18H20N4OS/c1-13(23)19-9-5-10-22(2)18-15-6-3-4-7-16(15)20-17(21-18)14-8-11-24-12-14/h3-4,6-8,11-12H,5,9-10H2,1-2H3,(H,19,23). The van der Waals surface area contributed by atoms with Crippen LogP contribution in [0.1, 0.15) is 13.3 Å². The van der Waals surface area contributed by atoms with Crippen LogP contribution in [-0.4, -0.2) is 36.0 Å². The number of hydrogen-bond acceptors (Lipinski definition) is 5. The van der Waals surface area contributed by atoms with E-state index in [1.54, 1.807) is 11.3 Å². The van der Waals surface area contributed by atoms with Gasteiger partial charge in [0.05, 0.1) is 5.52 Å². The van der Waals surface area contributed by atoms with E-state index < -0.39 is 0 Å². The Balaban J connectivity index is 1.89. The minimum atomic E-state index is 0.00452. The zero-order valence-electron chi connectivity index (χ0n) is 13.8. The maximum absolute atomic E-state index is 11.0. The summed E-state index contributed by atoms with van der Waals surface area (Å²) >= 11 is 1.64. The molecule has 0 radical (unpaired) electrons. The molecule has 1 aromatic carbocycles. The summed E-state index contributed by atoms with van der Waals surface area (Å²) in [7, 11) is 2.03. The van der Waals surface area contributed by atoms with Crippen LogP contribution >= 0.6 is 11.3 Å². The number of rotatable bonds is 6. The van der Waals surface area contributed by atoms with Crippen molar-refractivity contribution < 1.29 is 4.79 Å². The zero-order valence-corrected chi connectivity index (χ0v) is 14.6. The normalized spacial score (nSPS) is 10.8. The fourth-order valence-corrected chi connectivity index (χ4v) is 3.19. The third-order valence-corrected chi connectivity index (χ3v) is 4.45. The van der Waals surface area contributed by atoms with Gasteiger partial charge in [0.2, 0.25) is 5.91 Å². The highest BCUT2D eigenvalue weighted by atomic mass is 32.1. The molecular formula is C18H20N4OS. The highest BCUT2D eigenvalue weighted by molar-refractivity contribution is 7.08. The number of benzene rings is 1. The van der Waals surface area contributed by atoms with E-state index in [0.717, 1.165) is 41.1 Å². The lowest BCUT2D eigenvalue weighted by molar-refractivity contribution is -0.118. The molecule has 0 aliphatic carbocycles. The van der Waals surface area contributed by atoms with Gasteiger partial charge in [-0.2, -0.15) is 11.3 Å². The summed E-state index contributed by atoms with van der Waals surface area (Å²) in [5.41, 5.74) is 1.98. The van der Waals surface area contributed by atoms with Crippen molar-refractivity contribution in [2.75, 3.05) is 25.0 Å². The molecule has 0 saturated heterocycles. The molecule has 5 nitrogen and oxygen atoms in total. The second-order valence-electron chi connectivity index (χ2n) is 5.66. The van der Waals surface area contributed by atoms with E-state index in [-0.39, 0.29) is 5.91 Å². The van der Waals surface area contributed by atoms with Crippen LogP contribution in [0.2, 0.25) is 0 Å². The quantitative estimate of drug-likeness (QED) is 0.699. The van der Waals surface area contributed by atoms with Gasteiger partial charge in [0.25, 0.3) is 0 Å². The minimum absolute atomic E-state index is 0.00452. The highest BCUT2D eigenvalue weighted by Gasteiger charge is 2.12. The zero-order chi connectivity index (χ0) is 16.9. The number of hydrogen-bond donors (Lipinski definition) is 1. The van der Waals surface area contributed by atoms with Crippen molar-refractivity contribution in [2.24, 2.45) is 0 Å². The Morgan fingerprint density at radius 3 is 2.83 bits per heavy atom. The lowest BCUT2D eigenvalue weighted by atomic mass is 10.2. The summed E-state index contributed by atoms with van der Waals surface area (Å²) in [5.74, 6) is 1.67. The molecule has 0 spiro atoms. The summed E-state index contributed by atoms with van der Waals surface area (Å²) in [6.07, 6.45) is 0.863. The molecule has 0 bridgehead atoms. The minimum Gasteiger partial charge on any atom is -0.359 e. The number of anilines is 1. The predicted molar refractivity (Wildman–Crippen MR) is 99.4 cm³/mol. The van der Waals surface area contributed by atoms with E-state index in [9.17, 15) is 4.79 Å². The van der Waals surface area contributed by atoms with E-state index in [0.29, 0.717) is 6.54 Å². The summed E-state index contributed by atoms with van der Waals surface area (Å²) in [5, 5.41) is 7.96. The van der Waals surface area contributed by atoms with Gasteiger partial charge in [-0.15, -0.1) is 0 Å². The molecule has 3 aromatic rings. The molecule has 0 aliphatic heterocycles. The van der Waals surface area contributed by atoms with Crippen molar-refractivity contribution >= 4 is 34.0 Å². The second-order valence-corrected chi connectivity index (χ2v) is 6.44. The van der Waals surface area contributed by atoms with Gasteiger partial charge in [-0.3, -0.25) is 4.79 Å². The fourth-order valence-electron chi connectivity index (χ4n) is 2.56. The SMILES string of the molecule is CC(=O)NCCCN(C)c1nc(-c2ccsc2)nc2ccccc12. The van der Waals surface area contributed by atoms with Crippen LogP contribution in [-0.2, 0) is 4.79 Å². The molecule has 3 rings (SSSR count). The molecule has 0 atom stereocenters. The molecule has 0 aliphatic rings. The monoisotopic (exact) mass is 340 g/mol. The average molecular weight is 340 g/mol. The Bertz CT molecular complexity index is 832. The van der Waals surface area contributed by atoms with Crippen LogP contribution in [0.3, 0.4) is 0 Å². The molecule has 24 heavy (non-hydrogen) atoms. The first-order valence-electron chi connectivity index (χ1n) is 7.90. The van der Waals surface area contributed by atoms with Gasteiger partial charge in [-0.25, -0.2) is 9.97 Å². The van der Waals surface area contributed by atoms with Crippen LogP contribution in [0.15, 0.2) is 41.1 Å². The topological polar surface area (TPSA) is 58.1 Å². The van der Waals surface area contributed by atoms with Gasteiger partial charge in [-0.1, -0.05) is 12.1 Å². The average Bonchev–Trinajstić information content (AvgIpc) is 3.12. The number of amides is 1. The maximum atomic E-state index is 11.0. The Kier molecular flexibility index (Phi) is 5.05. The first kappa shape index (κ1) is 16.4. The van der Waals surface area contributed by atoms with Crippen LogP contribution in [0.4, 0.5) is 5.82 Å². The molecule has 6 heteroatoms. The number of carbonyl (C=O) groups excluding carboxylic acids is 1. The smallest absolute Gasteiger partial charge is 0.216 e. The van der Waals surface area contributed by atoms with Crippen LogP contribution < -0.4 is 10.2 Å². The molecule has 1 amide bonds. The van der Waals surface area contributed by atoms with E-state index in [4.69, 9.17) is 9.97 Å². The van der Waals surface area contributed by atoms with Crippen LogP contribution in [0.25, 0.3) is 22.3 Å². The van der Waals surface area contributed by atoms with Crippen molar-refractivity contribution in [2.45, 2.75) is 13.3 Å². The van der Waals surface area contributed by atoms with E-state index in [2.05, 4.69) is 15.6 Å². The third-order valence-electron chi connectivity index (χ3n) is 3.77. The number of aromatic nitrogens is 2. The number of para-hydroxylation sites is 1. The number of thiophene rings is 1. The number of nitrogens with one attached hydrogen (secondary N) is 1. The number of nitrogens with zero attached hydrogens (tertiary/aromatic N) is 3. The Labute approximate surface area is 145 Å². The molecule has 0 saturated carbocycles. The van der Waals surface area contributed by atoms with Gasteiger partial charge in [0.1, 0.15) is 5.82 Å². The van der Waals surface area contributed by atoms with Crippen LogP contribution in [0.5, 0.6) is 0 Å². The van der Waals surface area contributed by atoms with Crippen molar-refractivity contribution in [1.29, 1.82) is 0 Å². The summed E-state index contributed by atoms with van der Waals surface area (Å²) in [6, 6.07) is 10.1. The van der Waals surface area contributed by atoms with Crippen molar-refractivity contribution in [1.82, 2.24) is 15.3 Å². The van der Waals surface area contributed by atoms with E-state index in [1.807, 2.05) is 42.8 Å². The summed E-state index contributed by atoms with van der Waals surface area (Å²) in [6.45, 7) is 3.01. The van der Waals surface area contributed by atoms with Gasteiger partial charge >= 0.3 is 0 Å². The number of carbonyl (C=O) groups is 1. The van der Waals surface area contributed by atoms with Gasteiger partial charge in [-0.05, 0) is 30.0 Å². The van der Waals surface area contributed by atoms with E-state index >= 15 is 0 Å². The van der Waals surface area contributed by atoms with Crippen molar-refractivity contribution in [3.8, 4) is 11.4 Å². The van der Waals surface area contributed by atoms with Gasteiger partial charge < -0.3 is 10.2 Å². The number of fused-ring (bicyclic) bond motifs is 1. The molecule has 2 heterocycles. The largest absolute Gasteiger partial charge is 0.359 e. The fraction of sp³-hybridized carbons (Fsp3) is 0.278. The molecule has 1 N–H and O–H groups in total. The first-order chi connectivity index (χ1) is 11.6. The van der Waals surface area contributed by atoms with Crippen molar-refractivity contribution in [3.63, 3.8) is 0 Å². The van der Waals surface area contributed by atoms with Gasteiger partial charge in [0.15, 0.2) is 5.82 Å². The Hall–Kier alpha value is -2.47. The molecule has 0 unspecified atom stereocenters.